The van der Waals surface area contributed by atoms with Crippen molar-refractivity contribution in [3.05, 3.63) is 29.8 Å². The fourth-order valence-corrected chi connectivity index (χ4v) is 5.19. The maximum absolute atomic E-state index is 12.5. The summed E-state index contributed by atoms with van der Waals surface area (Å²) >= 11 is 0. The van der Waals surface area contributed by atoms with Crippen molar-refractivity contribution < 1.29 is 13.2 Å². The third-order valence-electron chi connectivity index (χ3n) is 5.42. The molecule has 7 nitrogen and oxygen atoms in total. The summed E-state index contributed by atoms with van der Waals surface area (Å²) in [5.41, 5.74) is 0.670. The van der Waals surface area contributed by atoms with E-state index in [0.717, 1.165) is 25.9 Å². The Kier molecular flexibility index (Phi) is 4.71. The molecule has 8 heteroatoms. The third-order valence-corrected chi connectivity index (χ3v) is 6.75. The van der Waals surface area contributed by atoms with Crippen LogP contribution in [0.5, 0.6) is 0 Å². The molecule has 1 aromatic rings. The maximum Gasteiger partial charge on any atom is 0.285 e. The molecule has 2 fully saturated rings. The van der Waals surface area contributed by atoms with Crippen LogP contribution in [0.4, 0.5) is 0 Å². The Morgan fingerprint density at radius 2 is 1.96 bits per heavy atom. The number of piperidine rings is 2. The van der Waals surface area contributed by atoms with Crippen LogP contribution in [-0.2, 0) is 14.8 Å². The number of benzene rings is 1. The lowest BCUT2D eigenvalue weighted by Crippen LogP contribution is -2.49. The Morgan fingerprint density at radius 1 is 1.19 bits per heavy atom. The van der Waals surface area contributed by atoms with Crippen molar-refractivity contribution in [3.8, 4) is 0 Å². The molecule has 2 N–H and O–H groups in total. The second kappa shape index (κ2) is 7.00. The predicted molar refractivity (Wildman–Crippen MR) is 98.5 cm³/mol. The van der Waals surface area contributed by atoms with Gasteiger partial charge in [-0.25, -0.2) is 0 Å². The molecule has 0 bridgehead atoms. The molecule has 140 valence electrons. The molecule has 0 aliphatic carbocycles. The number of carbonyl (C=O) groups excluding carboxylic acids is 1. The summed E-state index contributed by atoms with van der Waals surface area (Å²) in [7, 11) is -3.59. The molecule has 0 radical (unpaired) electrons. The summed E-state index contributed by atoms with van der Waals surface area (Å²) in [6, 6.07) is 7.16. The van der Waals surface area contributed by atoms with Gasteiger partial charge in [-0.1, -0.05) is 12.1 Å². The first kappa shape index (κ1) is 17.5. The minimum atomic E-state index is -3.59. The van der Waals surface area contributed by atoms with Gasteiger partial charge in [-0.15, -0.1) is 4.40 Å². The quantitative estimate of drug-likeness (QED) is 0.794. The molecule has 3 aliphatic heterocycles. The lowest BCUT2D eigenvalue weighted by Gasteiger charge is -2.34. The highest BCUT2D eigenvalue weighted by Gasteiger charge is 2.34. The van der Waals surface area contributed by atoms with Gasteiger partial charge in [-0.05, 0) is 44.4 Å². The Hall–Kier alpha value is -1.93. The molecule has 0 aromatic heterocycles. The van der Waals surface area contributed by atoms with E-state index >= 15 is 0 Å². The topological polar surface area (TPSA) is 90.9 Å². The van der Waals surface area contributed by atoms with Gasteiger partial charge >= 0.3 is 0 Å². The highest BCUT2D eigenvalue weighted by Crippen LogP contribution is 2.29. The van der Waals surface area contributed by atoms with Crippen molar-refractivity contribution >= 4 is 21.8 Å². The Labute approximate surface area is 153 Å². The number of amides is 1. The van der Waals surface area contributed by atoms with Gasteiger partial charge in [-0.2, -0.15) is 8.42 Å². The highest BCUT2D eigenvalue weighted by atomic mass is 32.2. The van der Waals surface area contributed by atoms with Crippen molar-refractivity contribution in [2.24, 2.45) is 10.3 Å². The first-order valence-corrected chi connectivity index (χ1v) is 10.7. The number of sulfonamides is 1. The number of amidine groups is 1. The second-order valence-electron chi connectivity index (χ2n) is 7.20. The number of likely N-dealkylation sites (tertiary alicyclic amines) is 1. The summed E-state index contributed by atoms with van der Waals surface area (Å²) in [4.78, 5) is 14.8. The van der Waals surface area contributed by atoms with Gasteiger partial charge in [0, 0.05) is 37.2 Å². The van der Waals surface area contributed by atoms with Crippen LogP contribution < -0.4 is 10.6 Å². The van der Waals surface area contributed by atoms with Gasteiger partial charge in [0.25, 0.3) is 10.0 Å². The fraction of sp³-hybridized carbons (Fsp3) is 0.556. The van der Waals surface area contributed by atoms with Gasteiger partial charge < -0.3 is 15.5 Å². The SMILES string of the molecule is O=C(N[C@H]1CCCNC1)C1CCN(C2=NS(=O)(=O)c3ccccc32)CC1. The Balaban J connectivity index is 1.39. The van der Waals surface area contributed by atoms with Gasteiger partial charge in [0.1, 0.15) is 4.90 Å². The van der Waals surface area contributed by atoms with Crippen molar-refractivity contribution in [1.29, 1.82) is 0 Å². The largest absolute Gasteiger partial charge is 0.355 e. The molecule has 3 aliphatic rings. The number of hydrogen-bond donors (Lipinski definition) is 2. The number of nitrogens with zero attached hydrogens (tertiary/aromatic N) is 2. The van der Waals surface area contributed by atoms with Crippen LogP contribution in [0.2, 0.25) is 0 Å². The van der Waals surface area contributed by atoms with Crippen molar-refractivity contribution in [2.75, 3.05) is 26.2 Å². The molecule has 1 atom stereocenters. The van der Waals surface area contributed by atoms with Crippen molar-refractivity contribution in [2.45, 2.75) is 36.6 Å². The smallest absolute Gasteiger partial charge is 0.285 e. The molecule has 26 heavy (non-hydrogen) atoms. The van der Waals surface area contributed by atoms with Crippen LogP contribution in [0.3, 0.4) is 0 Å². The standard InChI is InChI=1S/C18H24N4O3S/c23-18(20-14-4-3-9-19-12-14)13-7-10-22(11-8-13)17-15-5-1-2-6-16(15)26(24,25)21-17/h1-2,5-6,13-14,19H,3-4,7-12H2,(H,20,23)/t14-/m0/s1. The van der Waals surface area contributed by atoms with E-state index in [9.17, 15) is 13.2 Å². The number of carbonyl (C=O) groups is 1. The minimum absolute atomic E-state index is 0.0120. The normalized spacial score (nSPS) is 25.5. The van der Waals surface area contributed by atoms with Gasteiger partial charge in [0.15, 0.2) is 5.84 Å². The molecule has 1 aromatic carbocycles. The average molecular weight is 376 g/mol. The Bertz CT molecular complexity index is 823. The average Bonchev–Trinajstić information content (AvgIpc) is 2.94. The zero-order valence-electron chi connectivity index (χ0n) is 14.6. The number of fused-ring (bicyclic) bond motifs is 1. The molecule has 0 unspecified atom stereocenters. The van der Waals surface area contributed by atoms with Crippen LogP contribution in [-0.4, -0.2) is 57.3 Å². The molecule has 3 heterocycles. The summed E-state index contributed by atoms with van der Waals surface area (Å²) in [6.45, 7) is 3.15. The second-order valence-corrected chi connectivity index (χ2v) is 8.77. The molecule has 4 rings (SSSR count). The summed E-state index contributed by atoms with van der Waals surface area (Å²) < 4.78 is 28.4. The van der Waals surface area contributed by atoms with E-state index in [1.54, 1.807) is 18.2 Å². The van der Waals surface area contributed by atoms with Gasteiger partial charge in [0.2, 0.25) is 5.91 Å². The van der Waals surface area contributed by atoms with Crippen LogP contribution in [0.1, 0.15) is 31.2 Å². The lowest BCUT2D eigenvalue weighted by atomic mass is 9.94. The highest BCUT2D eigenvalue weighted by molar-refractivity contribution is 7.90. The zero-order valence-corrected chi connectivity index (χ0v) is 15.5. The monoisotopic (exact) mass is 376 g/mol. The number of nitrogens with one attached hydrogen (secondary N) is 2. The van der Waals surface area contributed by atoms with E-state index < -0.39 is 10.0 Å². The minimum Gasteiger partial charge on any atom is -0.355 e. The predicted octanol–water partition coefficient (Wildman–Crippen LogP) is 0.716. The summed E-state index contributed by atoms with van der Waals surface area (Å²) in [5.74, 6) is 0.637. The van der Waals surface area contributed by atoms with E-state index in [1.807, 2.05) is 11.0 Å². The molecular formula is C18H24N4O3S. The van der Waals surface area contributed by atoms with Crippen LogP contribution in [0, 0.1) is 5.92 Å². The van der Waals surface area contributed by atoms with Crippen molar-refractivity contribution in [3.63, 3.8) is 0 Å². The van der Waals surface area contributed by atoms with E-state index in [4.69, 9.17) is 0 Å². The van der Waals surface area contributed by atoms with E-state index in [1.165, 1.54) is 0 Å². The Morgan fingerprint density at radius 3 is 2.69 bits per heavy atom. The first-order valence-electron chi connectivity index (χ1n) is 9.25. The molecular weight excluding hydrogens is 352 g/mol. The summed E-state index contributed by atoms with van der Waals surface area (Å²) in [6.07, 6.45) is 3.56. The van der Waals surface area contributed by atoms with E-state index in [0.29, 0.717) is 37.3 Å². The van der Waals surface area contributed by atoms with Crippen LogP contribution >= 0.6 is 0 Å². The van der Waals surface area contributed by atoms with E-state index in [2.05, 4.69) is 15.0 Å². The number of rotatable bonds is 2. The molecule has 1 amide bonds. The van der Waals surface area contributed by atoms with Crippen molar-refractivity contribution in [1.82, 2.24) is 15.5 Å². The van der Waals surface area contributed by atoms with Gasteiger partial charge in [-0.3, -0.25) is 4.79 Å². The zero-order chi connectivity index (χ0) is 18.1. The van der Waals surface area contributed by atoms with Gasteiger partial charge in [0.05, 0.1) is 0 Å². The number of hydrogen-bond acceptors (Lipinski definition) is 5. The summed E-state index contributed by atoms with van der Waals surface area (Å²) in [5, 5.41) is 6.46. The van der Waals surface area contributed by atoms with Crippen LogP contribution in [0.15, 0.2) is 33.6 Å². The fourth-order valence-electron chi connectivity index (χ4n) is 3.96. The molecule has 0 spiro atoms. The molecule has 2 saturated heterocycles. The van der Waals surface area contributed by atoms with E-state index in [-0.39, 0.29) is 22.8 Å². The third kappa shape index (κ3) is 3.35. The van der Waals surface area contributed by atoms with Crippen LogP contribution in [0.25, 0.3) is 0 Å². The molecule has 0 saturated carbocycles. The maximum atomic E-state index is 12.5. The lowest BCUT2D eigenvalue weighted by molar-refractivity contribution is -0.127. The first-order chi connectivity index (χ1) is 12.5.